The van der Waals surface area contributed by atoms with Crippen molar-refractivity contribution in [3.05, 3.63) is 18.0 Å². The molecule has 0 saturated heterocycles. The van der Waals surface area contributed by atoms with E-state index < -0.39 is 5.91 Å². The zero-order chi connectivity index (χ0) is 11.4. The van der Waals surface area contributed by atoms with E-state index in [0.29, 0.717) is 17.9 Å². The number of nitrogens with zero attached hydrogens (tertiary/aromatic N) is 1. The minimum Gasteiger partial charge on any atom is -0.397 e. The number of amides is 2. The molecule has 15 heavy (non-hydrogen) atoms. The first-order valence-corrected chi connectivity index (χ1v) is 4.56. The largest absolute Gasteiger partial charge is 0.397 e. The average molecular weight is 210 g/mol. The molecule has 1 heterocycles. The van der Waals surface area contributed by atoms with Crippen molar-refractivity contribution in [1.29, 1.82) is 0 Å². The van der Waals surface area contributed by atoms with E-state index in [0.717, 1.165) is 0 Å². The second kappa shape index (κ2) is 4.50. The molecule has 0 fully saturated rings. The van der Waals surface area contributed by atoms with Crippen LogP contribution in [0.25, 0.3) is 0 Å². The maximum absolute atomic E-state index is 11.8. The number of aromatic nitrogens is 1. The lowest BCUT2D eigenvalue weighted by molar-refractivity contribution is -0.118. The topological polar surface area (TPSA) is 105 Å². The lowest BCUT2D eigenvalue weighted by Crippen LogP contribution is -2.38. The van der Waals surface area contributed by atoms with Crippen LogP contribution in [0.1, 0.15) is 17.4 Å². The van der Waals surface area contributed by atoms with Crippen LogP contribution in [-0.2, 0) is 4.79 Å². The molecule has 6 nitrogen and oxygen atoms in total. The fourth-order valence-corrected chi connectivity index (χ4v) is 1.22. The monoisotopic (exact) mass is 210 g/mol. The fourth-order valence-electron chi connectivity index (χ4n) is 1.22. The first-order chi connectivity index (χ1) is 7.04. The van der Waals surface area contributed by atoms with E-state index >= 15 is 0 Å². The van der Waals surface area contributed by atoms with Crippen molar-refractivity contribution in [3.8, 4) is 0 Å². The molecule has 5 N–H and O–H groups in total. The molecular weight excluding hydrogens is 196 g/mol. The number of nitrogens with one attached hydrogen (secondary N) is 1. The van der Waals surface area contributed by atoms with E-state index in [1.54, 1.807) is 6.92 Å². The van der Waals surface area contributed by atoms with Crippen LogP contribution in [0.5, 0.6) is 0 Å². The normalized spacial score (nSPS) is 9.93. The molecule has 2 amide bonds. The smallest absolute Gasteiger partial charge is 0.270 e. The predicted octanol–water partition coefficient (Wildman–Crippen LogP) is -0.456. The molecule has 0 spiro atoms. The van der Waals surface area contributed by atoms with Gasteiger partial charge in [0.25, 0.3) is 5.91 Å². The summed E-state index contributed by atoms with van der Waals surface area (Å²) in [5.74, 6) is -0.822. The van der Waals surface area contributed by atoms with Crippen LogP contribution in [0.15, 0.2) is 12.3 Å². The van der Waals surface area contributed by atoms with E-state index in [1.807, 2.05) is 0 Å². The summed E-state index contributed by atoms with van der Waals surface area (Å²) in [7, 11) is 0. The summed E-state index contributed by atoms with van der Waals surface area (Å²) in [6, 6.07) is 1.52. The fraction of sp³-hybridized carbons (Fsp3) is 0.333. The summed E-state index contributed by atoms with van der Waals surface area (Å²) in [6.45, 7) is 2.10. The van der Waals surface area contributed by atoms with Gasteiger partial charge in [0.1, 0.15) is 5.69 Å². The third kappa shape index (κ3) is 2.73. The average Bonchev–Trinajstić information content (AvgIpc) is 2.60. The molecule has 1 rings (SSSR count). The third-order valence-electron chi connectivity index (χ3n) is 1.95. The Hall–Kier alpha value is -1.98. The van der Waals surface area contributed by atoms with Gasteiger partial charge in [-0.1, -0.05) is 0 Å². The molecule has 0 aliphatic carbocycles. The first-order valence-electron chi connectivity index (χ1n) is 4.56. The maximum Gasteiger partial charge on any atom is 0.270 e. The van der Waals surface area contributed by atoms with Gasteiger partial charge in [-0.3, -0.25) is 9.59 Å². The Labute approximate surface area is 87.2 Å². The van der Waals surface area contributed by atoms with E-state index in [1.165, 1.54) is 17.2 Å². The number of hydrogen-bond donors (Lipinski definition) is 3. The van der Waals surface area contributed by atoms with Crippen molar-refractivity contribution < 1.29 is 9.59 Å². The number of hydrogen-bond acceptors (Lipinski definition) is 3. The lowest BCUT2D eigenvalue weighted by atomic mass is 10.3. The van der Waals surface area contributed by atoms with Gasteiger partial charge in [-0.15, -0.1) is 0 Å². The van der Waals surface area contributed by atoms with Crippen molar-refractivity contribution in [1.82, 2.24) is 9.88 Å². The zero-order valence-corrected chi connectivity index (χ0v) is 8.49. The van der Waals surface area contributed by atoms with Crippen LogP contribution in [0.2, 0.25) is 0 Å². The molecule has 0 unspecified atom stereocenters. The van der Waals surface area contributed by atoms with Crippen LogP contribution >= 0.6 is 0 Å². The number of nitrogen functional groups attached to an aromatic ring is 1. The number of anilines is 1. The highest BCUT2D eigenvalue weighted by molar-refractivity contribution is 5.95. The minimum absolute atomic E-state index is 0.0890. The van der Waals surface area contributed by atoms with E-state index in [2.05, 4.69) is 4.98 Å². The van der Waals surface area contributed by atoms with Crippen LogP contribution in [0, 0.1) is 0 Å². The lowest BCUT2D eigenvalue weighted by Gasteiger charge is -2.17. The Kier molecular flexibility index (Phi) is 3.33. The molecule has 1 aromatic rings. The molecule has 0 aromatic carbocycles. The van der Waals surface area contributed by atoms with Crippen LogP contribution < -0.4 is 11.5 Å². The second-order valence-corrected chi connectivity index (χ2v) is 3.13. The van der Waals surface area contributed by atoms with Gasteiger partial charge < -0.3 is 21.4 Å². The van der Waals surface area contributed by atoms with E-state index in [9.17, 15) is 9.59 Å². The second-order valence-electron chi connectivity index (χ2n) is 3.13. The number of carbonyl (C=O) groups is 2. The standard InChI is InChI=1S/C9H14N4O2/c1-2-13(5-8(11)14)9(15)7-3-6(10)4-12-7/h3-4,12H,2,5,10H2,1H3,(H2,11,14). The summed E-state index contributed by atoms with van der Waals surface area (Å²) in [5, 5.41) is 0. The van der Waals surface area contributed by atoms with Crippen LogP contribution in [-0.4, -0.2) is 34.8 Å². The maximum atomic E-state index is 11.8. The van der Waals surface area contributed by atoms with Crippen LogP contribution in [0.3, 0.4) is 0 Å². The number of H-pyrrole nitrogens is 1. The molecule has 0 aliphatic heterocycles. The summed E-state index contributed by atoms with van der Waals surface area (Å²) in [6.07, 6.45) is 1.52. The molecule has 1 aromatic heterocycles. The highest BCUT2D eigenvalue weighted by atomic mass is 16.2. The number of likely N-dealkylation sites (N-methyl/N-ethyl adjacent to an activating group) is 1. The number of nitrogens with two attached hydrogens (primary N) is 2. The summed E-state index contributed by atoms with van der Waals surface area (Å²) in [5.41, 5.74) is 11.3. The van der Waals surface area contributed by atoms with Crippen molar-refractivity contribution in [2.45, 2.75) is 6.92 Å². The van der Waals surface area contributed by atoms with E-state index in [-0.39, 0.29) is 12.5 Å². The summed E-state index contributed by atoms with van der Waals surface area (Å²) < 4.78 is 0. The predicted molar refractivity (Wildman–Crippen MR) is 56.0 cm³/mol. The van der Waals surface area contributed by atoms with Gasteiger partial charge in [-0.25, -0.2) is 0 Å². The van der Waals surface area contributed by atoms with E-state index in [4.69, 9.17) is 11.5 Å². The summed E-state index contributed by atoms with van der Waals surface area (Å²) in [4.78, 5) is 26.5. The third-order valence-corrected chi connectivity index (χ3v) is 1.95. The minimum atomic E-state index is -0.537. The first kappa shape index (κ1) is 11.1. The molecule has 0 atom stereocenters. The molecular formula is C9H14N4O2. The molecule has 0 radical (unpaired) electrons. The SMILES string of the molecule is CCN(CC(N)=O)C(=O)c1cc(N)c[nH]1. The number of rotatable bonds is 4. The molecule has 6 heteroatoms. The highest BCUT2D eigenvalue weighted by Crippen LogP contribution is 2.07. The van der Waals surface area contributed by atoms with Gasteiger partial charge in [0.2, 0.25) is 5.91 Å². The van der Waals surface area contributed by atoms with Crippen molar-refractivity contribution >= 4 is 17.5 Å². The van der Waals surface area contributed by atoms with Gasteiger partial charge in [-0.05, 0) is 13.0 Å². The number of carbonyl (C=O) groups excluding carboxylic acids is 2. The Morgan fingerprint density at radius 2 is 2.20 bits per heavy atom. The number of aromatic amines is 1. The van der Waals surface area contributed by atoms with Gasteiger partial charge in [0.15, 0.2) is 0 Å². The Bertz CT molecular complexity index is 372. The molecule has 0 aliphatic rings. The number of primary amides is 1. The Morgan fingerprint density at radius 1 is 1.53 bits per heavy atom. The Morgan fingerprint density at radius 3 is 2.60 bits per heavy atom. The van der Waals surface area contributed by atoms with Crippen LogP contribution in [0.4, 0.5) is 5.69 Å². The van der Waals surface area contributed by atoms with Gasteiger partial charge in [0.05, 0.1) is 6.54 Å². The van der Waals surface area contributed by atoms with Gasteiger partial charge >= 0.3 is 0 Å². The molecule has 0 bridgehead atoms. The van der Waals surface area contributed by atoms with Crippen molar-refractivity contribution in [3.63, 3.8) is 0 Å². The summed E-state index contributed by atoms with van der Waals surface area (Å²) >= 11 is 0. The van der Waals surface area contributed by atoms with Gasteiger partial charge in [-0.2, -0.15) is 0 Å². The molecule has 82 valence electrons. The van der Waals surface area contributed by atoms with Crippen molar-refractivity contribution in [2.24, 2.45) is 5.73 Å². The zero-order valence-electron chi connectivity index (χ0n) is 8.49. The van der Waals surface area contributed by atoms with Crippen molar-refractivity contribution in [2.75, 3.05) is 18.8 Å². The van der Waals surface area contributed by atoms with Gasteiger partial charge in [0, 0.05) is 18.4 Å². The quantitative estimate of drug-likeness (QED) is 0.626. The highest BCUT2D eigenvalue weighted by Gasteiger charge is 2.16. The Balaban J connectivity index is 2.77. The molecule has 0 saturated carbocycles.